The van der Waals surface area contributed by atoms with Gasteiger partial charge in [-0.25, -0.2) is 0 Å². The van der Waals surface area contributed by atoms with Crippen LogP contribution in [0.4, 0.5) is 0 Å². The zero-order valence-electron chi connectivity index (χ0n) is 16.3. The minimum absolute atomic E-state index is 0.211. The second-order valence-electron chi connectivity index (χ2n) is 6.98. The van der Waals surface area contributed by atoms with E-state index in [9.17, 15) is 14.4 Å². The Balaban J connectivity index is 1.58. The first-order valence-electron chi connectivity index (χ1n) is 9.68. The van der Waals surface area contributed by atoms with Crippen LogP contribution in [0.3, 0.4) is 0 Å². The van der Waals surface area contributed by atoms with Gasteiger partial charge < -0.3 is 15.0 Å². The van der Waals surface area contributed by atoms with Gasteiger partial charge in [0.2, 0.25) is 5.91 Å². The molecule has 0 aliphatic carbocycles. The van der Waals surface area contributed by atoms with Crippen molar-refractivity contribution >= 4 is 41.0 Å². The molecule has 0 aromatic heterocycles. The number of hydrogen-bond acceptors (Lipinski definition) is 4. The summed E-state index contributed by atoms with van der Waals surface area (Å²) in [5.41, 5.74) is 1.43. The minimum atomic E-state index is -0.939. The molecular formula is C22H22Cl2N2O4. The number of benzene rings is 2. The Hall–Kier alpha value is -2.57. The fraction of sp³-hybridized carbons (Fsp3) is 0.318. The number of amides is 2. The number of esters is 1. The monoisotopic (exact) mass is 448 g/mol. The van der Waals surface area contributed by atoms with E-state index in [1.807, 2.05) is 30.3 Å². The summed E-state index contributed by atoms with van der Waals surface area (Å²) in [4.78, 5) is 39.0. The Morgan fingerprint density at radius 2 is 1.80 bits per heavy atom. The summed E-state index contributed by atoms with van der Waals surface area (Å²) in [6.07, 6.45) is 1.26. The van der Waals surface area contributed by atoms with E-state index in [2.05, 4.69) is 5.32 Å². The summed E-state index contributed by atoms with van der Waals surface area (Å²) in [5.74, 6) is -1.31. The molecule has 1 aliphatic rings. The van der Waals surface area contributed by atoms with Gasteiger partial charge in [-0.05, 0) is 36.6 Å². The lowest BCUT2D eigenvalue weighted by Crippen LogP contribution is -2.57. The van der Waals surface area contributed by atoms with Crippen LogP contribution < -0.4 is 5.32 Å². The van der Waals surface area contributed by atoms with Gasteiger partial charge in [0, 0.05) is 28.7 Å². The predicted molar refractivity (Wildman–Crippen MR) is 115 cm³/mol. The Morgan fingerprint density at radius 3 is 2.50 bits per heavy atom. The molecule has 2 aromatic carbocycles. The summed E-state index contributed by atoms with van der Waals surface area (Å²) >= 11 is 12.0. The number of aryl methyl sites for hydroxylation is 1. The van der Waals surface area contributed by atoms with Crippen molar-refractivity contribution in [1.29, 1.82) is 0 Å². The highest BCUT2D eigenvalue weighted by Gasteiger charge is 2.35. The third-order valence-electron chi connectivity index (χ3n) is 4.78. The molecule has 1 atom stereocenters. The molecule has 1 saturated heterocycles. The van der Waals surface area contributed by atoms with Crippen LogP contribution in [0.1, 0.15) is 28.8 Å². The molecule has 1 heterocycles. The zero-order chi connectivity index (χ0) is 21.5. The number of nitrogens with one attached hydrogen (secondary N) is 1. The molecule has 2 aromatic rings. The van der Waals surface area contributed by atoms with Gasteiger partial charge in [0.1, 0.15) is 6.04 Å². The normalized spacial score (nSPS) is 16.1. The van der Waals surface area contributed by atoms with Crippen molar-refractivity contribution in [2.75, 3.05) is 19.7 Å². The van der Waals surface area contributed by atoms with Gasteiger partial charge in [0.25, 0.3) is 5.91 Å². The fourth-order valence-corrected chi connectivity index (χ4v) is 3.85. The van der Waals surface area contributed by atoms with Gasteiger partial charge in [0.05, 0.1) is 13.0 Å². The molecule has 158 valence electrons. The summed E-state index contributed by atoms with van der Waals surface area (Å²) in [7, 11) is 0. The number of ether oxygens (including phenoxy) is 1. The first kappa shape index (κ1) is 22.1. The van der Waals surface area contributed by atoms with Crippen molar-refractivity contribution in [3.8, 4) is 0 Å². The lowest BCUT2D eigenvalue weighted by Gasteiger charge is -2.34. The van der Waals surface area contributed by atoms with Crippen molar-refractivity contribution in [2.24, 2.45) is 0 Å². The lowest BCUT2D eigenvalue weighted by atomic mass is 10.1. The molecule has 1 fully saturated rings. The van der Waals surface area contributed by atoms with Crippen LogP contribution in [0.2, 0.25) is 10.0 Å². The van der Waals surface area contributed by atoms with Crippen molar-refractivity contribution < 1.29 is 19.1 Å². The third kappa shape index (κ3) is 5.97. The van der Waals surface area contributed by atoms with Crippen LogP contribution in [0.15, 0.2) is 48.5 Å². The largest absolute Gasteiger partial charge is 0.466 e. The zero-order valence-corrected chi connectivity index (χ0v) is 17.8. The van der Waals surface area contributed by atoms with E-state index in [1.54, 1.807) is 0 Å². The van der Waals surface area contributed by atoms with Crippen molar-refractivity contribution in [1.82, 2.24) is 10.2 Å². The van der Waals surface area contributed by atoms with Gasteiger partial charge in [-0.2, -0.15) is 0 Å². The summed E-state index contributed by atoms with van der Waals surface area (Å²) < 4.78 is 5.29. The number of halogens is 2. The van der Waals surface area contributed by atoms with Crippen LogP contribution in [0.5, 0.6) is 0 Å². The van der Waals surface area contributed by atoms with Gasteiger partial charge in [-0.3, -0.25) is 14.4 Å². The van der Waals surface area contributed by atoms with Gasteiger partial charge in [-0.1, -0.05) is 53.5 Å². The van der Waals surface area contributed by atoms with E-state index >= 15 is 0 Å². The van der Waals surface area contributed by atoms with Crippen LogP contribution >= 0.6 is 23.2 Å². The number of nitrogens with zero attached hydrogens (tertiary/aromatic N) is 1. The molecule has 6 nitrogen and oxygen atoms in total. The standard InChI is InChI=1S/C22H22Cl2N2O4/c23-17-11-16(12-18(24)13-17)22(29)26-9-8-25-21(28)19(26)14-20(27)30-10-4-7-15-5-2-1-3-6-15/h1-3,5-6,11-13,19H,4,7-10,14H2,(H,25,28). The SMILES string of the molecule is O=C(CC1C(=O)NCCN1C(=O)c1cc(Cl)cc(Cl)c1)OCCCc1ccccc1. The molecule has 30 heavy (non-hydrogen) atoms. The Morgan fingerprint density at radius 1 is 1.10 bits per heavy atom. The van der Waals surface area contributed by atoms with Crippen LogP contribution in [0, 0.1) is 0 Å². The van der Waals surface area contributed by atoms with Crippen molar-refractivity contribution in [3.05, 3.63) is 69.7 Å². The maximum absolute atomic E-state index is 12.9. The molecule has 0 bridgehead atoms. The number of rotatable bonds is 7. The van der Waals surface area contributed by atoms with E-state index in [0.29, 0.717) is 23.0 Å². The molecule has 2 amide bonds. The molecule has 8 heteroatoms. The number of hydrogen-bond donors (Lipinski definition) is 1. The van der Waals surface area contributed by atoms with Gasteiger partial charge >= 0.3 is 5.97 Å². The Bertz CT molecular complexity index is 900. The molecular weight excluding hydrogens is 427 g/mol. The van der Waals surface area contributed by atoms with E-state index in [1.165, 1.54) is 23.1 Å². The maximum atomic E-state index is 12.9. The Labute approximate surface area is 185 Å². The quantitative estimate of drug-likeness (QED) is 0.519. The van der Waals surface area contributed by atoms with Crippen LogP contribution in [0.25, 0.3) is 0 Å². The topological polar surface area (TPSA) is 75.7 Å². The van der Waals surface area contributed by atoms with Crippen molar-refractivity contribution in [2.45, 2.75) is 25.3 Å². The second-order valence-corrected chi connectivity index (χ2v) is 7.85. The summed E-state index contributed by atoms with van der Waals surface area (Å²) in [6.45, 7) is 0.835. The fourth-order valence-electron chi connectivity index (χ4n) is 3.33. The molecule has 0 saturated carbocycles. The number of carbonyl (C=O) groups is 3. The first-order chi connectivity index (χ1) is 14.4. The summed E-state index contributed by atoms with van der Waals surface area (Å²) in [5, 5.41) is 3.33. The van der Waals surface area contributed by atoms with Crippen LogP contribution in [-0.2, 0) is 20.7 Å². The average molecular weight is 449 g/mol. The molecule has 3 rings (SSSR count). The Kier molecular flexibility index (Phi) is 7.71. The maximum Gasteiger partial charge on any atom is 0.308 e. The van der Waals surface area contributed by atoms with Crippen LogP contribution in [-0.4, -0.2) is 48.4 Å². The summed E-state index contributed by atoms with van der Waals surface area (Å²) in [6, 6.07) is 13.5. The molecule has 0 spiro atoms. The average Bonchev–Trinajstić information content (AvgIpc) is 2.72. The predicted octanol–water partition coefficient (Wildman–Crippen LogP) is 3.50. The highest BCUT2D eigenvalue weighted by atomic mass is 35.5. The minimum Gasteiger partial charge on any atom is -0.466 e. The lowest BCUT2D eigenvalue weighted by molar-refractivity contribution is -0.147. The second kappa shape index (κ2) is 10.5. The molecule has 1 aliphatic heterocycles. The van der Waals surface area contributed by atoms with Gasteiger partial charge in [-0.15, -0.1) is 0 Å². The molecule has 1 unspecified atom stereocenters. The number of piperazine rings is 1. The molecule has 0 radical (unpaired) electrons. The number of carbonyl (C=O) groups excluding carboxylic acids is 3. The van der Waals surface area contributed by atoms with E-state index in [-0.39, 0.29) is 31.0 Å². The smallest absolute Gasteiger partial charge is 0.308 e. The highest BCUT2D eigenvalue weighted by Crippen LogP contribution is 2.22. The highest BCUT2D eigenvalue weighted by molar-refractivity contribution is 6.35. The van der Waals surface area contributed by atoms with E-state index in [0.717, 1.165) is 12.0 Å². The van der Waals surface area contributed by atoms with Gasteiger partial charge in [0.15, 0.2) is 0 Å². The first-order valence-corrected chi connectivity index (χ1v) is 10.4. The van der Waals surface area contributed by atoms with Crippen molar-refractivity contribution in [3.63, 3.8) is 0 Å². The molecule has 1 N–H and O–H groups in total. The third-order valence-corrected chi connectivity index (χ3v) is 5.21. The van der Waals surface area contributed by atoms with E-state index < -0.39 is 17.9 Å². The van der Waals surface area contributed by atoms with E-state index in [4.69, 9.17) is 27.9 Å².